The number of rotatable bonds is 5. The number of nitro groups is 1. The van der Waals surface area contributed by atoms with E-state index in [4.69, 9.17) is 5.73 Å². The Morgan fingerprint density at radius 1 is 1.63 bits per heavy atom. The molecule has 0 fully saturated rings. The van der Waals surface area contributed by atoms with Crippen LogP contribution in [0.5, 0.6) is 0 Å². The molecule has 1 aromatic rings. The van der Waals surface area contributed by atoms with Crippen molar-refractivity contribution in [1.82, 2.24) is 4.98 Å². The van der Waals surface area contributed by atoms with Gasteiger partial charge in [-0.1, -0.05) is 0 Å². The molecule has 0 aromatic carbocycles. The highest BCUT2D eigenvalue weighted by molar-refractivity contribution is 5.69. The molecule has 0 radical (unpaired) electrons. The van der Waals surface area contributed by atoms with Crippen LogP contribution in [0.15, 0.2) is 12.3 Å². The molecule has 0 bridgehead atoms. The van der Waals surface area contributed by atoms with Gasteiger partial charge in [0.1, 0.15) is 6.10 Å². The number of ether oxygens (including phenoxy) is 1. The number of methoxy groups -OCH3 is 1. The second-order valence-electron chi connectivity index (χ2n) is 3.72. The third-order valence-electron chi connectivity index (χ3n) is 2.42. The van der Waals surface area contributed by atoms with Crippen molar-refractivity contribution in [3.63, 3.8) is 0 Å². The third kappa shape index (κ3) is 3.60. The zero-order valence-corrected chi connectivity index (χ0v) is 10.0. The van der Waals surface area contributed by atoms with Crippen molar-refractivity contribution in [1.29, 1.82) is 0 Å². The lowest BCUT2D eigenvalue weighted by Crippen LogP contribution is -2.23. The van der Waals surface area contributed by atoms with Gasteiger partial charge in [-0.05, 0) is 0 Å². The maximum Gasteiger partial charge on any atom is 0.311 e. The molecule has 0 aliphatic rings. The van der Waals surface area contributed by atoms with E-state index in [-0.39, 0.29) is 11.4 Å². The molecule has 1 aromatic heterocycles. The molecule has 0 amide bonds. The van der Waals surface area contributed by atoms with E-state index in [2.05, 4.69) is 9.72 Å². The van der Waals surface area contributed by atoms with Crippen LogP contribution in [-0.2, 0) is 9.53 Å². The van der Waals surface area contributed by atoms with Gasteiger partial charge in [-0.3, -0.25) is 14.9 Å². The molecular formula is C10H13N3O6. The Morgan fingerprint density at radius 3 is 2.79 bits per heavy atom. The lowest BCUT2D eigenvalue weighted by molar-refractivity contribution is -0.384. The Labute approximate surface area is 107 Å². The number of esters is 1. The number of nitrogen functional groups attached to an aromatic ring is 1. The second-order valence-corrected chi connectivity index (χ2v) is 3.72. The third-order valence-corrected chi connectivity index (χ3v) is 2.42. The lowest BCUT2D eigenvalue weighted by Gasteiger charge is -2.16. The van der Waals surface area contributed by atoms with Gasteiger partial charge < -0.3 is 20.7 Å². The average molecular weight is 271 g/mol. The van der Waals surface area contributed by atoms with Crippen LogP contribution in [0, 0.1) is 10.1 Å². The largest absolute Gasteiger partial charge is 0.469 e. The van der Waals surface area contributed by atoms with Crippen molar-refractivity contribution >= 4 is 17.5 Å². The van der Waals surface area contributed by atoms with Crippen LogP contribution in [-0.4, -0.2) is 39.3 Å². The smallest absolute Gasteiger partial charge is 0.311 e. The summed E-state index contributed by atoms with van der Waals surface area (Å²) in [6, 6.07) is 0.994. The number of nitrogens with two attached hydrogens (primary N) is 1. The number of nitrogens with zero attached hydrogens (tertiary/aromatic N) is 2. The first kappa shape index (κ1) is 14.8. The normalized spacial score (nSPS) is 13.6. The monoisotopic (exact) mass is 271 g/mol. The van der Waals surface area contributed by atoms with E-state index < -0.39 is 35.2 Å². The predicted octanol–water partition coefficient (Wildman–Crippen LogP) is -0.471. The maximum absolute atomic E-state index is 11.0. The van der Waals surface area contributed by atoms with E-state index in [0.29, 0.717) is 0 Å². The Balaban J connectivity index is 2.93. The molecule has 19 heavy (non-hydrogen) atoms. The van der Waals surface area contributed by atoms with Crippen molar-refractivity contribution in [3.05, 3.63) is 27.9 Å². The number of hydrogen-bond donors (Lipinski definition) is 3. The van der Waals surface area contributed by atoms with Gasteiger partial charge in [-0.2, -0.15) is 0 Å². The van der Waals surface area contributed by atoms with Gasteiger partial charge in [0, 0.05) is 17.8 Å². The van der Waals surface area contributed by atoms with Gasteiger partial charge in [-0.25, -0.2) is 4.98 Å². The Morgan fingerprint density at radius 2 is 2.26 bits per heavy atom. The molecule has 2 atom stereocenters. The number of anilines is 1. The molecular weight excluding hydrogens is 258 g/mol. The summed E-state index contributed by atoms with van der Waals surface area (Å²) in [7, 11) is 1.14. The van der Waals surface area contributed by atoms with Gasteiger partial charge >= 0.3 is 11.7 Å². The van der Waals surface area contributed by atoms with E-state index in [1.54, 1.807) is 0 Å². The number of aromatic nitrogens is 1. The summed E-state index contributed by atoms with van der Waals surface area (Å²) in [6.07, 6.45) is -2.33. The fourth-order valence-corrected chi connectivity index (χ4v) is 1.38. The van der Waals surface area contributed by atoms with Gasteiger partial charge in [0.25, 0.3) is 0 Å². The van der Waals surface area contributed by atoms with Crippen LogP contribution in [0.4, 0.5) is 11.5 Å². The molecule has 9 heteroatoms. The molecule has 0 spiro atoms. The standard InChI is InChI=1S/C10H13N3O6/c1-19-8(15)3-7(14)9(16)5-2-6(13(17)18)10(11)12-4-5/h2,4,7,9,14,16H,3H2,1H3,(H2,11,12). The molecule has 0 saturated heterocycles. The van der Waals surface area contributed by atoms with Crippen LogP contribution in [0.3, 0.4) is 0 Å². The Kier molecular flexibility index (Phi) is 4.73. The highest BCUT2D eigenvalue weighted by atomic mass is 16.6. The van der Waals surface area contributed by atoms with Crippen LogP contribution in [0.2, 0.25) is 0 Å². The first-order chi connectivity index (χ1) is 8.86. The minimum absolute atomic E-state index is 0.0164. The number of aliphatic hydroxyl groups is 2. The first-order valence-corrected chi connectivity index (χ1v) is 5.19. The van der Waals surface area contributed by atoms with Crippen LogP contribution in [0.25, 0.3) is 0 Å². The van der Waals surface area contributed by atoms with E-state index >= 15 is 0 Å². The summed E-state index contributed by atoms with van der Waals surface area (Å²) in [5.74, 6) is -1.02. The number of carbonyl (C=O) groups excluding carboxylic acids is 1. The van der Waals surface area contributed by atoms with E-state index in [1.807, 2.05) is 0 Å². The van der Waals surface area contributed by atoms with E-state index in [1.165, 1.54) is 0 Å². The number of hydrogen-bond acceptors (Lipinski definition) is 8. The fourth-order valence-electron chi connectivity index (χ4n) is 1.38. The SMILES string of the molecule is COC(=O)CC(O)C(O)c1cnc(N)c([N+](=O)[O-])c1. The van der Waals surface area contributed by atoms with Crippen LogP contribution >= 0.6 is 0 Å². The maximum atomic E-state index is 11.0. The first-order valence-electron chi connectivity index (χ1n) is 5.19. The zero-order valence-electron chi connectivity index (χ0n) is 10.0. The molecule has 1 heterocycles. The topological polar surface area (TPSA) is 149 Å². The van der Waals surface area contributed by atoms with Crippen molar-refractivity contribution < 1.29 is 24.7 Å². The predicted molar refractivity (Wildman–Crippen MR) is 62.9 cm³/mol. The lowest BCUT2D eigenvalue weighted by atomic mass is 10.0. The summed E-state index contributed by atoms with van der Waals surface area (Å²) >= 11 is 0. The summed E-state index contributed by atoms with van der Waals surface area (Å²) in [6.45, 7) is 0. The van der Waals surface area contributed by atoms with Crippen molar-refractivity contribution in [2.45, 2.75) is 18.6 Å². The van der Waals surface area contributed by atoms with Crippen LogP contribution in [0.1, 0.15) is 18.1 Å². The number of pyridine rings is 1. The molecule has 2 unspecified atom stereocenters. The summed E-state index contributed by atoms with van der Waals surface area (Å²) in [5, 5.41) is 30.0. The molecule has 0 aliphatic heterocycles. The van der Waals surface area contributed by atoms with E-state index in [9.17, 15) is 25.1 Å². The molecule has 104 valence electrons. The van der Waals surface area contributed by atoms with Gasteiger partial charge in [-0.15, -0.1) is 0 Å². The van der Waals surface area contributed by atoms with E-state index in [0.717, 1.165) is 19.4 Å². The Bertz CT molecular complexity index is 492. The summed E-state index contributed by atoms with van der Waals surface area (Å²) < 4.78 is 4.33. The molecule has 1 rings (SSSR count). The molecule has 9 nitrogen and oxygen atoms in total. The molecule has 0 saturated carbocycles. The van der Waals surface area contributed by atoms with Crippen LogP contribution < -0.4 is 5.73 Å². The summed E-state index contributed by atoms with van der Waals surface area (Å²) in [4.78, 5) is 24.4. The van der Waals surface area contributed by atoms with Crippen molar-refractivity contribution in [2.75, 3.05) is 12.8 Å². The van der Waals surface area contributed by atoms with Gasteiger partial charge in [0.2, 0.25) is 5.82 Å². The second kappa shape index (κ2) is 6.07. The average Bonchev–Trinajstić information content (AvgIpc) is 2.37. The number of aliphatic hydroxyl groups excluding tert-OH is 2. The van der Waals surface area contributed by atoms with Crippen molar-refractivity contribution in [2.24, 2.45) is 0 Å². The van der Waals surface area contributed by atoms with Gasteiger partial charge in [0.05, 0.1) is 24.6 Å². The number of carbonyl (C=O) groups is 1. The minimum Gasteiger partial charge on any atom is -0.469 e. The Hall–Kier alpha value is -2.26. The minimum atomic E-state index is -1.51. The quantitative estimate of drug-likeness (QED) is 0.369. The fraction of sp³-hybridized carbons (Fsp3) is 0.400. The summed E-state index contributed by atoms with van der Waals surface area (Å²) in [5.41, 5.74) is 4.80. The highest BCUT2D eigenvalue weighted by Gasteiger charge is 2.25. The zero-order chi connectivity index (χ0) is 14.6. The van der Waals surface area contributed by atoms with Gasteiger partial charge in [0.15, 0.2) is 0 Å². The van der Waals surface area contributed by atoms with Crippen molar-refractivity contribution in [3.8, 4) is 0 Å². The molecule has 4 N–H and O–H groups in total. The molecule has 0 aliphatic carbocycles. The highest BCUT2D eigenvalue weighted by Crippen LogP contribution is 2.25.